The number of halogens is 1. The first kappa shape index (κ1) is 21.8. The van der Waals surface area contributed by atoms with Gasteiger partial charge in [0.15, 0.2) is 6.61 Å². The van der Waals surface area contributed by atoms with Crippen LogP contribution in [0.5, 0.6) is 5.75 Å². The number of hydrogen-bond donors (Lipinski definition) is 1. The molecular weight excluding hydrogens is 422 g/mol. The van der Waals surface area contributed by atoms with E-state index in [1.807, 2.05) is 44.2 Å². The molecule has 30 heavy (non-hydrogen) atoms. The number of benzene rings is 2. The first-order valence-electron chi connectivity index (χ1n) is 9.54. The summed E-state index contributed by atoms with van der Waals surface area (Å²) in [5.74, 6) is -0.0451. The Morgan fingerprint density at radius 2 is 1.87 bits per heavy atom. The number of nitrogens with zero attached hydrogens (tertiary/aromatic N) is 2. The molecule has 0 bridgehead atoms. The van der Waals surface area contributed by atoms with E-state index < -0.39 is 0 Å². The summed E-state index contributed by atoms with van der Waals surface area (Å²) in [6.45, 7) is 4.99. The number of anilines is 1. The van der Waals surface area contributed by atoms with Gasteiger partial charge in [-0.05, 0) is 32.0 Å². The van der Waals surface area contributed by atoms with E-state index in [2.05, 4.69) is 10.3 Å². The zero-order valence-electron chi connectivity index (χ0n) is 16.7. The molecule has 3 rings (SSSR count). The summed E-state index contributed by atoms with van der Waals surface area (Å²) in [5.41, 5.74) is 1.81. The lowest BCUT2D eigenvalue weighted by atomic mass is 10.2. The molecule has 0 radical (unpaired) electrons. The summed E-state index contributed by atoms with van der Waals surface area (Å²) in [7, 11) is 0. The van der Waals surface area contributed by atoms with Crippen LogP contribution in [0.25, 0.3) is 10.6 Å². The van der Waals surface area contributed by atoms with Crippen LogP contribution in [0.1, 0.15) is 24.3 Å². The van der Waals surface area contributed by atoms with Crippen LogP contribution in [0.4, 0.5) is 5.69 Å². The van der Waals surface area contributed by atoms with E-state index >= 15 is 0 Å². The summed E-state index contributed by atoms with van der Waals surface area (Å²) < 4.78 is 5.53. The van der Waals surface area contributed by atoms with Crippen molar-refractivity contribution < 1.29 is 14.3 Å². The molecule has 0 atom stereocenters. The van der Waals surface area contributed by atoms with E-state index in [0.717, 1.165) is 10.6 Å². The molecule has 0 saturated heterocycles. The van der Waals surface area contributed by atoms with Gasteiger partial charge in [0.05, 0.1) is 5.02 Å². The van der Waals surface area contributed by atoms with Gasteiger partial charge in [0.2, 0.25) is 0 Å². The predicted molar refractivity (Wildman–Crippen MR) is 120 cm³/mol. The lowest BCUT2D eigenvalue weighted by molar-refractivity contribution is -0.132. The molecule has 2 amide bonds. The number of carbonyl (C=O) groups excluding carboxylic acids is 2. The minimum Gasteiger partial charge on any atom is -0.482 e. The monoisotopic (exact) mass is 443 g/mol. The highest BCUT2D eigenvalue weighted by Crippen LogP contribution is 2.28. The molecule has 0 aliphatic heterocycles. The van der Waals surface area contributed by atoms with E-state index in [1.54, 1.807) is 28.5 Å². The molecule has 0 fully saturated rings. The summed E-state index contributed by atoms with van der Waals surface area (Å²) in [6.07, 6.45) is 0. The van der Waals surface area contributed by atoms with Crippen LogP contribution in [-0.4, -0.2) is 41.4 Å². The molecule has 1 aromatic heterocycles. The Hall–Kier alpha value is -2.90. The fourth-order valence-corrected chi connectivity index (χ4v) is 3.83. The Balaban J connectivity index is 1.62. The van der Waals surface area contributed by atoms with Crippen LogP contribution in [0.3, 0.4) is 0 Å². The zero-order chi connectivity index (χ0) is 21.5. The number of likely N-dealkylation sites (N-methyl/N-ethyl adjacent to an activating group) is 1. The fraction of sp³-hybridized carbons (Fsp3) is 0.227. The quantitative estimate of drug-likeness (QED) is 0.534. The van der Waals surface area contributed by atoms with E-state index in [4.69, 9.17) is 16.3 Å². The van der Waals surface area contributed by atoms with Crippen molar-refractivity contribution in [1.82, 2.24) is 9.88 Å². The molecule has 0 spiro atoms. The number of nitrogens with one attached hydrogen (secondary N) is 1. The van der Waals surface area contributed by atoms with Gasteiger partial charge in [-0.2, -0.15) is 0 Å². The van der Waals surface area contributed by atoms with Crippen molar-refractivity contribution in [3.05, 3.63) is 64.6 Å². The number of aromatic nitrogens is 1. The molecule has 2 aromatic carbocycles. The lowest BCUT2D eigenvalue weighted by Crippen LogP contribution is -2.34. The Morgan fingerprint density at radius 3 is 2.53 bits per heavy atom. The fourth-order valence-electron chi connectivity index (χ4n) is 2.79. The average molecular weight is 444 g/mol. The van der Waals surface area contributed by atoms with Crippen molar-refractivity contribution in [3.8, 4) is 16.3 Å². The number of rotatable bonds is 8. The maximum atomic E-state index is 12.5. The van der Waals surface area contributed by atoms with Gasteiger partial charge < -0.3 is 15.0 Å². The predicted octanol–water partition coefficient (Wildman–Crippen LogP) is 4.96. The first-order valence-corrected chi connectivity index (χ1v) is 10.8. The van der Waals surface area contributed by atoms with E-state index in [0.29, 0.717) is 35.2 Å². The van der Waals surface area contributed by atoms with Crippen LogP contribution < -0.4 is 10.1 Å². The van der Waals surface area contributed by atoms with Crippen LogP contribution in [0.2, 0.25) is 5.02 Å². The second kappa shape index (κ2) is 10.2. The van der Waals surface area contributed by atoms with Crippen molar-refractivity contribution in [2.24, 2.45) is 0 Å². The van der Waals surface area contributed by atoms with Gasteiger partial charge in [-0.3, -0.25) is 9.59 Å². The second-order valence-electron chi connectivity index (χ2n) is 6.36. The van der Waals surface area contributed by atoms with Crippen LogP contribution in [0, 0.1) is 0 Å². The summed E-state index contributed by atoms with van der Waals surface area (Å²) >= 11 is 7.67. The number of ether oxygens (including phenoxy) is 1. The van der Waals surface area contributed by atoms with Crippen molar-refractivity contribution in [3.63, 3.8) is 0 Å². The van der Waals surface area contributed by atoms with E-state index in [-0.39, 0.29) is 18.4 Å². The first-order chi connectivity index (χ1) is 14.5. The molecule has 0 aliphatic rings. The van der Waals surface area contributed by atoms with Crippen LogP contribution in [0.15, 0.2) is 53.9 Å². The van der Waals surface area contributed by atoms with Crippen LogP contribution in [-0.2, 0) is 4.79 Å². The van der Waals surface area contributed by atoms with Gasteiger partial charge in [-0.1, -0.05) is 41.9 Å². The summed E-state index contributed by atoms with van der Waals surface area (Å²) in [5, 5.41) is 5.59. The van der Waals surface area contributed by atoms with E-state index in [1.165, 1.54) is 11.3 Å². The average Bonchev–Trinajstić information content (AvgIpc) is 3.25. The molecule has 8 heteroatoms. The smallest absolute Gasteiger partial charge is 0.275 e. The maximum absolute atomic E-state index is 12.5. The minimum absolute atomic E-state index is 0.0891. The highest BCUT2D eigenvalue weighted by atomic mass is 35.5. The van der Waals surface area contributed by atoms with Crippen molar-refractivity contribution in [2.45, 2.75) is 13.8 Å². The van der Waals surface area contributed by atoms with Crippen molar-refractivity contribution >= 4 is 40.4 Å². The van der Waals surface area contributed by atoms with Crippen molar-refractivity contribution in [2.75, 3.05) is 25.0 Å². The van der Waals surface area contributed by atoms with Gasteiger partial charge in [0.1, 0.15) is 16.5 Å². The standard InChI is InChI=1S/C22H22ClN3O3S/c1-3-26(4-2)20(27)13-29-19-11-10-16(12-17(19)23)24-21(28)18-14-30-22(25-18)15-8-6-5-7-9-15/h5-12,14H,3-4,13H2,1-2H3,(H,24,28). The van der Waals surface area contributed by atoms with Gasteiger partial charge in [0, 0.05) is 29.7 Å². The molecule has 1 N–H and O–H groups in total. The Bertz CT molecular complexity index is 1020. The molecule has 1 heterocycles. The van der Waals surface area contributed by atoms with Crippen molar-refractivity contribution in [1.29, 1.82) is 0 Å². The number of carbonyl (C=O) groups is 2. The summed E-state index contributed by atoms with van der Waals surface area (Å²) in [4.78, 5) is 30.7. The Kier molecular flexibility index (Phi) is 7.43. The zero-order valence-corrected chi connectivity index (χ0v) is 18.3. The van der Waals surface area contributed by atoms with Gasteiger partial charge in [0.25, 0.3) is 11.8 Å². The highest BCUT2D eigenvalue weighted by Gasteiger charge is 2.14. The topological polar surface area (TPSA) is 71.5 Å². The second-order valence-corrected chi connectivity index (χ2v) is 7.62. The lowest BCUT2D eigenvalue weighted by Gasteiger charge is -2.19. The molecular formula is C22H22ClN3O3S. The molecule has 0 saturated carbocycles. The molecule has 0 aliphatic carbocycles. The Morgan fingerprint density at radius 1 is 1.13 bits per heavy atom. The number of thiazole rings is 1. The SMILES string of the molecule is CCN(CC)C(=O)COc1ccc(NC(=O)c2csc(-c3ccccc3)n2)cc1Cl. The van der Waals surface area contributed by atoms with Crippen LogP contribution >= 0.6 is 22.9 Å². The normalized spacial score (nSPS) is 10.5. The molecule has 0 unspecified atom stereocenters. The number of amides is 2. The maximum Gasteiger partial charge on any atom is 0.275 e. The van der Waals surface area contributed by atoms with Gasteiger partial charge in [-0.25, -0.2) is 4.98 Å². The largest absolute Gasteiger partial charge is 0.482 e. The minimum atomic E-state index is -0.324. The molecule has 6 nitrogen and oxygen atoms in total. The van der Waals surface area contributed by atoms with Gasteiger partial charge in [-0.15, -0.1) is 11.3 Å². The highest BCUT2D eigenvalue weighted by molar-refractivity contribution is 7.13. The third-order valence-corrected chi connectivity index (χ3v) is 5.60. The van der Waals surface area contributed by atoms with E-state index in [9.17, 15) is 9.59 Å². The van der Waals surface area contributed by atoms with Gasteiger partial charge >= 0.3 is 0 Å². The molecule has 3 aromatic rings. The Labute approximate surface area is 184 Å². The number of hydrogen-bond acceptors (Lipinski definition) is 5. The molecule has 156 valence electrons. The third kappa shape index (κ3) is 5.37. The third-order valence-electron chi connectivity index (χ3n) is 4.41. The summed E-state index contributed by atoms with van der Waals surface area (Å²) in [6, 6.07) is 14.6.